The zero-order valence-corrected chi connectivity index (χ0v) is 25.6. The van der Waals surface area contributed by atoms with Gasteiger partial charge in [-0.2, -0.15) is 0 Å². The lowest BCUT2D eigenvalue weighted by molar-refractivity contribution is -0.117. The summed E-state index contributed by atoms with van der Waals surface area (Å²) in [6.07, 6.45) is 4.87. The van der Waals surface area contributed by atoms with Gasteiger partial charge in [-0.1, -0.05) is 23.8 Å². The molecule has 1 atom stereocenters. The van der Waals surface area contributed by atoms with E-state index in [0.717, 1.165) is 44.3 Å². The van der Waals surface area contributed by atoms with E-state index in [4.69, 9.17) is 4.74 Å². The predicted octanol–water partition coefficient (Wildman–Crippen LogP) is 5.94. The number of rotatable bonds is 11. The summed E-state index contributed by atoms with van der Waals surface area (Å²) in [5.41, 5.74) is 3.27. The Morgan fingerprint density at radius 3 is 2.05 bits per heavy atom. The van der Waals surface area contributed by atoms with Crippen LogP contribution in [-0.4, -0.2) is 50.7 Å². The minimum atomic E-state index is -3.32. The Balaban J connectivity index is 0.00000484. The van der Waals surface area contributed by atoms with Crippen molar-refractivity contribution in [3.8, 4) is 11.5 Å². The molecule has 0 radical (unpaired) electrons. The number of amides is 1. The standard InChI is InChI=1S/C31H37FN4O4S.ClH/c1-22(2)20-30(31(37)34-25-8-6-24(32)7-9-25)33-26-16-18-36(19-17-26)21-23-4-12-28(13-5-23)40-29-14-10-27(11-15-29)35-41(3,38)39;/h4-15,20,26,30,33,35H,16-19,21H2,1-3H3,(H,34,37);1H. The van der Waals surface area contributed by atoms with Crippen molar-refractivity contribution in [3.63, 3.8) is 0 Å². The van der Waals surface area contributed by atoms with Crippen molar-refractivity contribution in [2.45, 2.75) is 45.3 Å². The SMILES string of the molecule is CC(C)=CC(NC1CCN(Cc2ccc(Oc3ccc(NS(C)(=O)=O)cc3)cc2)CC1)C(=O)Nc1ccc(F)cc1.Cl. The third-order valence-corrected chi connectivity index (χ3v) is 7.23. The van der Waals surface area contributed by atoms with Crippen LogP contribution in [0.3, 0.4) is 0 Å². The lowest BCUT2D eigenvalue weighted by atomic mass is 10.0. The van der Waals surface area contributed by atoms with Gasteiger partial charge < -0.3 is 10.1 Å². The Hall–Kier alpha value is -3.44. The highest BCUT2D eigenvalue weighted by atomic mass is 35.5. The molecule has 1 unspecified atom stereocenters. The number of hydrogen-bond acceptors (Lipinski definition) is 6. The van der Waals surface area contributed by atoms with Gasteiger partial charge in [-0.25, -0.2) is 12.8 Å². The first-order chi connectivity index (χ1) is 19.5. The van der Waals surface area contributed by atoms with E-state index < -0.39 is 16.1 Å². The Morgan fingerprint density at radius 2 is 1.50 bits per heavy atom. The van der Waals surface area contributed by atoms with Crippen molar-refractivity contribution in [2.75, 3.05) is 29.4 Å². The second-order valence-electron chi connectivity index (χ2n) is 10.6. The fourth-order valence-corrected chi connectivity index (χ4v) is 5.22. The van der Waals surface area contributed by atoms with E-state index >= 15 is 0 Å². The number of allylic oxidation sites excluding steroid dienone is 1. The average molecular weight is 617 g/mol. The molecular formula is C31H38ClFN4O4S. The molecule has 3 N–H and O–H groups in total. The number of anilines is 2. The lowest BCUT2D eigenvalue weighted by Crippen LogP contribution is -2.49. The molecule has 11 heteroatoms. The van der Waals surface area contributed by atoms with Gasteiger partial charge in [0.05, 0.1) is 6.26 Å². The highest BCUT2D eigenvalue weighted by Crippen LogP contribution is 2.24. The summed E-state index contributed by atoms with van der Waals surface area (Å²) in [4.78, 5) is 15.4. The van der Waals surface area contributed by atoms with Crippen molar-refractivity contribution in [1.29, 1.82) is 0 Å². The number of piperidine rings is 1. The van der Waals surface area contributed by atoms with Crippen molar-refractivity contribution in [2.24, 2.45) is 0 Å². The van der Waals surface area contributed by atoms with Crippen LogP contribution in [0.1, 0.15) is 32.3 Å². The predicted molar refractivity (Wildman–Crippen MR) is 168 cm³/mol. The number of benzene rings is 3. The summed E-state index contributed by atoms with van der Waals surface area (Å²) in [7, 11) is -3.32. The van der Waals surface area contributed by atoms with E-state index in [-0.39, 0.29) is 30.2 Å². The molecule has 0 aliphatic carbocycles. The van der Waals surface area contributed by atoms with Gasteiger partial charge in [0.15, 0.2) is 0 Å². The van der Waals surface area contributed by atoms with Gasteiger partial charge in [0, 0.05) is 24.0 Å². The molecule has 1 aliphatic rings. The van der Waals surface area contributed by atoms with Gasteiger partial charge in [-0.3, -0.25) is 19.7 Å². The Morgan fingerprint density at radius 1 is 0.952 bits per heavy atom. The smallest absolute Gasteiger partial charge is 0.245 e. The number of nitrogens with zero attached hydrogens (tertiary/aromatic N) is 1. The summed E-state index contributed by atoms with van der Waals surface area (Å²) < 4.78 is 44.3. The number of sulfonamides is 1. The molecule has 3 aromatic carbocycles. The minimum Gasteiger partial charge on any atom is -0.457 e. The number of carbonyl (C=O) groups excluding carboxylic acids is 1. The molecule has 42 heavy (non-hydrogen) atoms. The molecular weight excluding hydrogens is 579 g/mol. The second kappa shape index (κ2) is 15.2. The monoisotopic (exact) mass is 616 g/mol. The first kappa shape index (κ1) is 33.1. The number of halogens is 2. The van der Waals surface area contributed by atoms with Crippen LogP contribution >= 0.6 is 12.4 Å². The topological polar surface area (TPSA) is 99.8 Å². The maximum absolute atomic E-state index is 13.2. The molecule has 226 valence electrons. The third-order valence-electron chi connectivity index (χ3n) is 6.62. The van der Waals surface area contributed by atoms with Crippen LogP contribution in [0, 0.1) is 5.82 Å². The zero-order valence-electron chi connectivity index (χ0n) is 24.0. The van der Waals surface area contributed by atoms with Crippen LogP contribution < -0.4 is 20.1 Å². The maximum atomic E-state index is 13.2. The Kier molecular flexibility index (Phi) is 11.9. The number of likely N-dealkylation sites (tertiary alicyclic amines) is 1. The van der Waals surface area contributed by atoms with E-state index in [2.05, 4.69) is 20.3 Å². The van der Waals surface area contributed by atoms with Crippen LogP contribution in [0.4, 0.5) is 15.8 Å². The highest BCUT2D eigenvalue weighted by Gasteiger charge is 2.24. The quantitative estimate of drug-likeness (QED) is 0.231. The summed E-state index contributed by atoms with van der Waals surface area (Å²) in [5, 5.41) is 6.39. The van der Waals surface area contributed by atoms with Crippen LogP contribution in [0.2, 0.25) is 0 Å². The van der Waals surface area contributed by atoms with E-state index in [1.807, 2.05) is 44.2 Å². The molecule has 1 fully saturated rings. The largest absolute Gasteiger partial charge is 0.457 e. The first-order valence-electron chi connectivity index (χ1n) is 13.6. The van der Waals surface area contributed by atoms with E-state index in [9.17, 15) is 17.6 Å². The van der Waals surface area contributed by atoms with E-state index in [1.54, 1.807) is 36.4 Å². The van der Waals surface area contributed by atoms with Crippen LogP contribution in [0.15, 0.2) is 84.4 Å². The third kappa shape index (κ3) is 10.8. The van der Waals surface area contributed by atoms with Gasteiger partial charge in [0.1, 0.15) is 23.4 Å². The summed E-state index contributed by atoms with van der Waals surface area (Å²) >= 11 is 0. The molecule has 1 heterocycles. The number of ether oxygens (including phenoxy) is 1. The van der Waals surface area contributed by atoms with Crippen LogP contribution in [0.25, 0.3) is 0 Å². The summed E-state index contributed by atoms with van der Waals surface area (Å²) in [6.45, 7) is 6.57. The molecule has 1 saturated heterocycles. The molecule has 1 amide bonds. The molecule has 0 aromatic heterocycles. The van der Waals surface area contributed by atoms with Gasteiger partial charge in [0.2, 0.25) is 15.9 Å². The zero-order chi connectivity index (χ0) is 29.4. The maximum Gasteiger partial charge on any atom is 0.245 e. The van der Waals surface area contributed by atoms with Gasteiger partial charge >= 0.3 is 0 Å². The molecule has 0 saturated carbocycles. The number of hydrogen-bond donors (Lipinski definition) is 3. The van der Waals surface area contributed by atoms with Crippen molar-refractivity contribution < 1.29 is 22.3 Å². The first-order valence-corrected chi connectivity index (χ1v) is 15.5. The number of carbonyl (C=O) groups is 1. The van der Waals surface area contributed by atoms with Crippen molar-refractivity contribution in [1.82, 2.24) is 10.2 Å². The van der Waals surface area contributed by atoms with Gasteiger partial charge in [-0.05, 0) is 106 Å². The molecule has 0 bridgehead atoms. The van der Waals surface area contributed by atoms with Crippen LogP contribution in [0.5, 0.6) is 11.5 Å². The van der Waals surface area contributed by atoms with Crippen LogP contribution in [-0.2, 0) is 21.4 Å². The van der Waals surface area contributed by atoms with Crippen molar-refractivity contribution >= 4 is 39.7 Å². The molecule has 0 spiro atoms. The lowest BCUT2D eigenvalue weighted by Gasteiger charge is -2.34. The van der Waals surface area contributed by atoms with Crippen molar-refractivity contribution in [3.05, 3.63) is 95.8 Å². The molecule has 3 aromatic rings. The Labute approximate surface area is 253 Å². The number of nitrogens with one attached hydrogen (secondary N) is 3. The van der Waals surface area contributed by atoms with E-state index in [1.165, 1.54) is 17.7 Å². The van der Waals surface area contributed by atoms with Gasteiger partial charge in [-0.15, -0.1) is 12.4 Å². The van der Waals surface area contributed by atoms with Gasteiger partial charge in [0.25, 0.3) is 0 Å². The molecule has 1 aliphatic heterocycles. The summed E-state index contributed by atoms with van der Waals surface area (Å²) in [6, 6.07) is 20.2. The van der Waals surface area contributed by atoms with E-state index in [0.29, 0.717) is 22.9 Å². The molecule has 8 nitrogen and oxygen atoms in total. The summed E-state index contributed by atoms with van der Waals surface area (Å²) in [5.74, 6) is 0.810. The highest BCUT2D eigenvalue weighted by molar-refractivity contribution is 7.92. The normalized spacial score (nSPS) is 14.8. The fourth-order valence-electron chi connectivity index (χ4n) is 4.66. The average Bonchev–Trinajstić information content (AvgIpc) is 2.92. The Bertz CT molecular complexity index is 1440. The molecule has 4 rings (SSSR count). The minimum absolute atomic E-state index is 0. The second-order valence-corrected chi connectivity index (χ2v) is 12.3. The fraction of sp³-hybridized carbons (Fsp3) is 0.323.